The maximum atomic E-state index is 14.5. The van der Waals surface area contributed by atoms with Gasteiger partial charge in [0.05, 0.1) is 0 Å². The average Bonchev–Trinajstić information content (AvgIpc) is 3.39. The third kappa shape index (κ3) is 4.31. The molecule has 49 heavy (non-hydrogen) atoms. The summed E-state index contributed by atoms with van der Waals surface area (Å²) in [5, 5.41) is 8.05. The van der Waals surface area contributed by atoms with E-state index in [1.807, 2.05) is 12.1 Å². The summed E-state index contributed by atoms with van der Waals surface area (Å²) in [7, 11) is 0. The number of amides is 4. The minimum atomic E-state index is -3.62. The molecule has 3 aliphatic heterocycles. The summed E-state index contributed by atoms with van der Waals surface area (Å²) in [4.78, 5) is 60.3. The van der Waals surface area contributed by atoms with Crippen molar-refractivity contribution in [1.82, 2.24) is 9.80 Å². The van der Waals surface area contributed by atoms with E-state index in [9.17, 15) is 19.2 Å². The predicted molar refractivity (Wildman–Crippen MR) is 202 cm³/mol. The molecule has 3 heterocycles. The number of fused-ring (bicyclic) bond motifs is 1. The molecule has 0 bridgehead atoms. The Balaban J connectivity index is 1.53. The molecule has 5 aromatic carbocycles. The summed E-state index contributed by atoms with van der Waals surface area (Å²) in [6, 6.07) is 12.4. The summed E-state index contributed by atoms with van der Waals surface area (Å²) in [5.74, 6) is -0.351. The minimum absolute atomic E-state index is 0.175. The van der Waals surface area contributed by atoms with Crippen molar-refractivity contribution >= 4 is 92.3 Å². The van der Waals surface area contributed by atoms with E-state index in [1.165, 1.54) is 27.7 Å². The van der Waals surface area contributed by atoms with Crippen molar-refractivity contribution in [3.05, 3.63) is 58.7 Å². The van der Waals surface area contributed by atoms with E-state index in [4.69, 9.17) is 0 Å². The van der Waals surface area contributed by atoms with Crippen molar-refractivity contribution in [2.75, 3.05) is 13.1 Å². The molecule has 3 aliphatic rings. The van der Waals surface area contributed by atoms with E-state index in [0.717, 1.165) is 79.7 Å². The number of carbonyl (C=O) groups excluding carboxylic acids is 4. The first-order valence-electron chi connectivity index (χ1n) is 18.6. The fourth-order valence-corrected chi connectivity index (χ4v) is 25.9. The van der Waals surface area contributed by atoms with Gasteiger partial charge in [0.25, 0.3) is 0 Å². The van der Waals surface area contributed by atoms with E-state index in [0.29, 0.717) is 35.3 Å². The average molecular weight is 762 g/mol. The molecular weight excluding hydrogens is 715 g/mol. The number of benzene rings is 5. The molecule has 0 saturated heterocycles. The number of rotatable bonds is 12. The van der Waals surface area contributed by atoms with Crippen molar-refractivity contribution in [2.45, 2.75) is 88.9 Å². The number of nitrogens with zero attached hydrogens (tertiary/aromatic N) is 2. The van der Waals surface area contributed by atoms with Gasteiger partial charge in [-0.25, -0.2) is 0 Å². The molecular formula is C42H46N2O4Sn. The number of imide groups is 2. The molecule has 0 spiro atoms. The van der Waals surface area contributed by atoms with Crippen LogP contribution >= 0.6 is 0 Å². The fraction of sp³-hybridized carbons (Fsp3) is 0.429. The van der Waals surface area contributed by atoms with Crippen LogP contribution in [0.3, 0.4) is 0 Å². The SMILES string of the molecule is CCC[CH2][Sn]1([CH2]CCC)[c]2cc3c4c(ccc5c6ccc7c8c(c[c]1c(c2c45)c86)C(=O)N(CC(C)CC)C7=O)C(=O)N(CC(C)CC)C3=O. The topological polar surface area (TPSA) is 74.8 Å². The van der Waals surface area contributed by atoms with Crippen molar-refractivity contribution in [3.63, 3.8) is 0 Å². The number of hydrogen-bond donors (Lipinski definition) is 0. The van der Waals surface area contributed by atoms with E-state index in [1.54, 1.807) is 0 Å². The number of unbranched alkanes of at least 4 members (excludes halogenated alkanes) is 2. The zero-order valence-electron chi connectivity index (χ0n) is 29.7. The van der Waals surface area contributed by atoms with Crippen LogP contribution in [0, 0.1) is 11.8 Å². The molecule has 6 nitrogen and oxygen atoms in total. The van der Waals surface area contributed by atoms with Gasteiger partial charge in [-0.05, 0) is 0 Å². The van der Waals surface area contributed by atoms with Crippen LogP contribution < -0.4 is 7.16 Å². The van der Waals surface area contributed by atoms with Crippen LogP contribution in [0.25, 0.3) is 43.1 Å². The summed E-state index contributed by atoms with van der Waals surface area (Å²) in [6.45, 7) is 13.7. The Kier molecular flexibility index (Phi) is 7.86. The second kappa shape index (κ2) is 11.8. The molecule has 0 aliphatic carbocycles. The second-order valence-corrected chi connectivity index (χ2v) is 27.4. The summed E-state index contributed by atoms with van der Waals surface area (Å²) in [5.41, 5.74) is 2.55. The van der Waals surface area contributed by atoms with Crippen LogP contribution in [0.15, 0.2) is 36.4 Å². The summed E-state index contributed by atoms with van der Waals surface area (Å²) in [6.07, 6.45) is 6.12. The van der Waals surface area contributed by atoms with E-state index >= 15 is 0 Å². The van der Waals surface area contributed by atoms with Crippen LogP contribution in [0.1, 0.15) is 121 Å². The molecule has 0 N–H and O–H groups in total. The van der Waals surface area contributed by atoms with E-state index < -0.39 is 18.4 Å². The third-order valence-electron chi connectivity index (χ3n) is 12.3. The van der Waals surface area contributed by atoms with Gasteiger partial charge >= 0.3 is 294 Å². The van der Waals surface area contributed by atoms with Gasteiger partial charge in [-0.1, -0.05) is 0 Å². The normalized spacial score (nSPS) is 17.7. The van der Waals surface area contributed by atoms with Crippen LogP contribution in [0.5, 0.6) is 0 Å². The van der Waals surface area contributed by atoms with Gasteiger partial charge in [0.1, 0.15) is 0 Å². The van der Waals surface area contributed by atoms with Crippen molar-refractivity contribution < 1.29 is 19.2 Å². The van der Waals surface area contributed by atoms with Crippen molar-refractivity contribution in [3.8, 4) is 0 Å². The zero-order valence-corrected chi connectivity index (χ0v) is 32.6. The Labute approximate surface area is 292 Å². The van der Waals surface area contributed by atoms with Crippen LogP contribution in [-0.4, -0.2) is 64.9 Å². The van der Waals surface area contributed by atoms with Crippen molar-refractivity contribution in [2.24, 2.45) is 11.8 Å². The number of carbonyl (C=O) groups is 4. The Hall–Kier alpha value is -3.52. The first kappa shape index (κ1) is 32.7. The molecule has 8 rings (SSSR count). The number of hydrogen-bond acceptors (Lipinski definition) is 4. The summed E-state index contributed by atoms with van der Waals surface area (Å²) >= 11 is -3.62. The van der Waals surface area contributed by atoms with Crippen LogP contribution in [-0.2, 0) is 0 Å². The molecule has 4 amide bonds. The molecule has 252 valence electrons. The molecule has 7 heteroatoms. The van der Waals surface area contributed by atoms with Gasteiger partial charge in [-0.3, -0.25) is 0 Å². The standard InChI is InChI=1S/C34H28N2O4.2C4H9.Sn/c1-5-17(3)15-35-31(37)23-11-7-19-21-9-13-25-30-26(34(40)36(33(25)39)16-18(4)6-2)14-10-22(28(21)30)20-8-12-24(32(35)38)29(23)27(19)20;2*1-3-4-2;/h7,9,11-14,17-18H,5-6,15-16H2,1-4H3;2*1,3-4H2,2H3;. The monoisotopic (exact) mass is 762 g/mol. The van der Waals surface area contributed by atoms with Gasteiger partial charge in [0.2, 0.25) is 0 Å². The van der Waals surface area contributed by atoms with E-state index in [-0.39, 0.29) is 35.5 Å². The van der Waals surface area contributed by atoms with Gasteiger partial charge < -0.3 is 0 Å². The molecule has 5 aromatic rings. The summed E-state index contributed by atoms with van der Waals surface area (Å²) < 4.78 is 4.95. The first-order valence-corrected chi connectivity index (χ1v) is 25.5. The Morgan fingerprint density at radius 2 is 0.918 bits per heavy atom. The van der Waals surface area contributed by atoms with Gasteiger partial charge in [-0.15, -0.1) is 0 Å². The molecule has 0 fully saturated rings. The van der Waals surface area contributed by atoms with Crippen molar-refractivity contribution in [1.29, 1.82) is 0 Å². The van der Waals surface area contributed by atoms with Crippen LogP contribution in [0.4, 0.5) is 0 Å². The fourth-order valence-electron chi connectivity index (χ4n) is 9.29. The van der Waals surface area contributed by atoms with Gasteiger partial charge in [0, 0.05) is 0 Å². The van der Waals surface area contributed by atoms with E-state index in [2.05, 4.69) is 65.8 Å². The Bertz CT molecular complexity index is 2110. The van der Waals surface area contributed by atoms with Gasteiger partial charge in [0.15, 0.2) is 0 Å². The molecule has 0 radical (unpaired) electrons. The molecule has 0 saturated carbocycles. The molecule has 0 aromatic heterocycles. The second-order valence-electron chi connectivity index (χ2n) is 15.3. The quantitative estimate of drug-likeness (QED) is 0.0554. The first-order chi connectivity index (χ1) is 23.6. The third-order valence-corrected chi connectivity index (χ3v) is 27.4. The van der Waals surface area contributed by atoms with Crippen LogP contribution in [0.2, 0.25) is 8.87 Å². The predicted octanol–water partition coefficient (Wildman–Crippen LogP) is 8.50. The van der Waals surface area contributed by atoms with Gasteiger partial charge in [-0.2, -0.15) is 0 Å². The molecule has 2 unspecified atom stereocenters. The Morgan fingerprint density at radius 1 is 0.531 bits per heavy atom. The molecule has 2 atom stereocenters. The maximum absolute atomic E-state index is 14.5. The Morgan fingerprint density at radius 3 is 1.29 bits per heavy atom. The zero-order chi connectivity index (χ0) is 34.5.